The van der Waals surface area contributed by atoms with E-state index in [0.717, 1.165) is 89.1 Å². The van der Waals surface area contributed by atoms with Gasteiger partial charge in [0.1, 0.15) is 11.6 Å². The van der Waals surface area contributed by atoms with Crippen molar-refractivity contribution in [1.82, 2.24) is 59.8 Å². The molecule has 9 aromatic rings. The number of pyridine rings is 2. The number of hydrogen-bond donors (Lipinski definition) is 6. The normalized spacial score (nSPS) is 16.6. The number of nitrogens with two attached hydrogens (primary N) is 1. The third-order valence-electron chi connectivity index (χ3n) is 15.4. The SMILES string of the molecule is CC(C)Oc1nc(Cl)nc(Cl)n1.CC(C)Oc1nc(Cl)nc(N[C@@H]2CCC3=C(C2)c2ccccc2C3)n1.CC(C)Oc1nc(N[C@@H]2CCC3=C(C2)c2ccccc2C3)nc(-c2cncc(F)c2)n1.N[C@@H]1CCc2[nH]c3ccccc3c2C1.OB(O)c1cncc(F)c1. The first-order valence-corrected chi connectivity index (χ1v) is 31.7. The van der Waals surface area contributed by atoms with Gasteiger partial charge in [0.15, 0.2) is 5.82 Å². The largest absolute Gasteiger partial charge is 0.490 e. The molecule has 20 nitrogen and oxygen atoms in total. The van der Waals surface area contributed by atoms with Gasteiger partial charge in [0.25, 0.3) is 0 Å². The van der Waals surface area contributed by atoms with Crippen molar-refractivity contribution in [1.29, 1.82) is 0 Å². The molecule has 0 unspecified atom stereocenters. The van der Waals surface area contributed by atoms with E-state index in [1.165, 1.54) is 74.0 Å². The molecular weight excluding hydrogens is 1240 g/mol. The summed E-state index contributed by atoms with van der Waals surface area (Å²) < 4.78 is 42.4. The van der Waals surface area contributed by atoms with Crippen molar-refractivity contribution in [2.24, 2.45) is 5.73 Å². The smallest absolute Gasteiger partial charge is 0.461 e. The summed E-state index contributed by atoms with van der Waals surface area (Å²) in [5.41, 5.74) is 22.3. The summed E-state index contributed by atoms with van der Waals surface area (Å²) in [4.78, 5) is 47.7. The summed E-state index contributed by atoms with van der Waals surface area (Å²) in [5.74, 6) is 0.235. The second-order valence-electron chi connectivity index (χ2n) is 23.5. The molecule has 0 saturated carbocycles. The Morgan fingerprint density at radius 2 is 1.07 bits per heavy atom. The van der Waals surface area contributed by atoms with Crippen LogP contribution in [0, 0.1) is 11.6 Å². The van der Waals surface area contributed by atoms with Crippen molar-refractivity contribution in [3.63, 3.8) is 0 Å². The highest BCUT2D eigenvalue weighted by molar-refractivity contribution is 6.58. The molecule has 26 heteroatoms. The molecule has 3 atom stereocenters. The first-order valence-electron chi connectivity index (χ1n) is 30.5. The molecule has 0 bridgehead atoms. The molecular formula is C66H71BCl3F2N15O5. The van der Waals surface area contributed by atoms with Crippen LogP contribution in [0.2, 0.25) is 15.9 Å². The first kappa shape index (κ1) is 66.6. The number of para-hydroxylation sites is 1. The molecule has 0 fully saturated rings. The standard InChI is InChI=1S/C24H24FN5O.C19H21ClN4O.C12H14N2.C6H7Cl2N3O.C5H5BFNO2/c1-14(2)31-24-29-22(17-10-18(25)13-26-12-17)28-23(30-24)27-19-8-7-16-9-15-5-3-4-6-20(15)21(16)11-19;1-11(2)25-19-23-17(20)22-18(24-19)21-14-8-7-13-9-12-5-3-4-6-15(12)16(13)10-14;13-8-5-6-12-10(7-8)9-3-1-2-4-11(9)14-12;1-3(2)12-6-10-4(7)9-5(8)11-6;7-5-1-4(6(9)10)2-8-3-5/h3-6,10,12-14,19H,7-9,11H2,1-2H3,(H,27,28,29,30);3-6,11,14H,7-10H2,1-2H3,(H,21,22,23,24);1-4,8,14H,5-7,13H2;3H,1-2H3;1-3,9-10H/t19-;14-;8-;;/m111../s1. The summed E-state index contributed by atoms with van der Waals surface area (Å²) in [6, 6.07) is 29.7. The molecule has 5 aliphatic rings. The van der Waals surface area contributed by atoms with Crippen LogP contribution in [0.15, 0.2) is 121 Å². The molecule has 5 aliphatic carbocycles. The predicted octanol–water partition coefficient (Wildman–Crippen LogP) is 12.0. The van der Waals surface area contributed by atoms with Gasteiger partial charge < -0.3 is 45.6 Å². The fourth-order valence-electron chi connectivity index (χ4n) is 11.5. The Balaban J connectivity index is 0.000000135. The van der Waals surface area contributed by atoms with Crippen molar-refractivity contribution in [3.05, 3.63) is 182 Å². The van der Waals surface area contributed by atoms with Crippen molar-refractivity contribution >= 4 is 81.3 Å². The van der Waals surface area contributed by atoms with Crippen molar-refractivity contribution in [2.75, 3.05) is 10.6 Å². The number of aromatic amines is 1. The summed E-state index contributed by atoms with van der Waals surface area (Å²) in [6.45, 7) is 11.4. The van der Waals surface area contributed by atoms with Gasteiger partial charge in [-0.15, -0.1) is 0 Å². The molecule has 6 heterocycles. The summed E-state index contributed by atoms with van der Waals surface area (Å²) in [6.07, 6.45) is 16.3. The van der Waals surface area contributed by atoms with E-state index in [2.05, 4.69) is 143 Å². The zero-order chi connectivity index (χ0) is 65.0. The van der Waals surface area contributed by atoms with Gasteiger partial charge >= 0.3 is 25.1 Å². The van der Waals surface area contributed by atoms with Gasteiger partial charge in [-0.2, -0.15) is 44.9 Å². The van der Waals surface area contributed by atoms with Crippen LogP contribution in [-0.2, 0) is 25.7 Å². The zero-order valence-corrected chi connectivity index (χ0v) is 54.0. The minimum atomic E-state index is -1.65. The van der Waals surface area contributed by atoms with Crippen LogP contribution >= 0.6 is 34.8 Å². The molecule has 92 heavy (non-hydrogen) atoms. The zero-order valence-electron chi connectivity index (χ0n) is 51.7. The van der Waals surface area contributed by atoms with Gasteiger partial charge in [-0.25, -0.2) is 8.78 Å². The van der Waals surface area contributed by atoms with Gasteiger partial charge in [-0.1, -0.05) is 77.9 Å². The predicted molar refractivity (Wildman–Crippen MR) is 354 cm³/mol. The maximum Gasteiger partial charge on any atom is 0.490 e. The Labute approximate surface area is 547 Å². The highest BCUT2D eigenvalue weighted by Crippen LogP contribution is 2.43. The fourth-order valence-corrected chi connectivity index (χ4v) is 12.0. The number of rotatable bonds is 12. The maximum atomic E-state index is 13.7. The second-order valence-corrected chi connectivity index (χ2v) is 24.5. The molecule has 0 aliphatic heterocycles. The minimum absolute atomic E-state index is 0.0105. The average Bonchev–Trinajstić information content (AvgIpc) is 1.67. The number of aryl methyl sites for hydroxylation is 1. The van der Waals surface area contributed by atoms with E-state index in [9.17, 15) is 8.78 Å². The average molecular weight is 1310 g/mol. The van der Waals surface area contributed by atoms with Gasteiger partial charge in [0.05, 0.1) is 30.7 Å². The number of nitrogens with one attached hydrogen (secondary N) is 3. The van der Waals surface area contributed by atoms with E-state index >= 15 is 0 Å². The number of benzene rings is 3. The first-order chi connectivity index (χ1) is 44.2. The fraction of sp³-hybridized carbons (Fsp3) is 0.348. The van der Waals surface area contributed by atoms with Gasteiger partial charge in [0.2, 0.25) is 27.7 Å². The molecule has 7 N–H and O–H groups in total. The third kappa shape index (κ3) is 18.0. The maximum absolute atomic E-state index is 13.7. The molecule has 14 rings (SSSR count). The Bertz CT molecular complexity index is 4090. The minimum Gasteiger partial charge on any atom is -0.461 e. The number of aromatic nitrogens is 12. The Kier molecular flexibility index (Phi) is 22.3. The van der Waals surface area contributed by atoms with Crippen LogP contribution in [0.4, 0.5) is 20.7 Å². The number of anilines is 2. The van der Waals surface area contributed by atoms with Crippen molar-refractivity contribution < 1.29 is 33.0 Å². The van der Waals surface area contributed by atoms with E-state index in [4.69, 9.17) is 64.8 Å². The van der Waals surface area contributed by atoms with Crippen molar-refractivity contribution in [2.45, 2.75) is 149 Å². The molecule has 0 radical (unpaired) electrons. The Hall–Kier alpha value is -8.32. The van der Waals surface area contributed by atoms with Crippen LogP contribution < -0.4 is 36.0 Å². The highest BCUT2D eigenvalue weighted by Gasteiger charge is 2.31. The summed E-state index contributed by atoms with van der Waals surface area (Å²) in [5, 5.41) is 25.5. The van der Waals surface area contributed by atoms with E-state index in [1.54, 1.807) is 11.1 Å². The lowest BCUT2D eigenvalue weighted by molar-refractivity contribution is 0.221. The van der Waals surface area contributed by atoms with E-state index in [-0.39, 0.29) is 69.7 Å². The number of ether oxygens (including phenoxy) is 3. The lowest BCUT2D eigenvalue weighted by Gasteiger charge is -2.25. The van der Waals surface area contributed by atoms with Crippen molar-refractivity contribution in [3.8, 4) is 29.4 Å². The number of hydrogen-bond acceptors (Lipinski definition) is 19. The second kappa shape index (κ2) is 30.9. The number of allylic oxidation sites excluding steroid dienone is 2. The third-order valence-corrected chi connectivity index (χ3v) is 15.9. The van der Waals surface area contributed by atoms with Gasteiger partial charge in [-0.3, -0.25) is 9.97 Å². The monoisotopic (exact) mass is 1310 g/mol. The molecule has 0 saturated heterocycles. The number of H-pyrrole nitrogens is 1. The Morgan fingerprint density at radius 1 is 0.565 bits per heavy atom. The summed E-state index contributed by atoms with van der Waals surface area (Å²) >= 11 is 17.0. The quantitative estimate of drug-likeness (QED) is 0.0620. The number of nitrogens with zero attached hydrogens (tertiary/aromatic N) is 11. The molecule has 3 aromatic carbocycles. The number of halogens is 5. The Morgan fingerprint density at radius 3 is 1.61 bits per heavy atom. The summed E-state index contributed by atoms with van der Waals surface area (Å²) in [7, 11) is -1.65. The molecule has 478 valence electrons. The van der Waals surface area contributed by atoms with Crippen LogP contribution in [0.25, 0.3) is 33.4 Å². The van der Waals surface area contributed by atoms with Crippen LogP contribution in [-0.4, -0.2) is 113 Å². The molecule has 6 aromatic heterocycles. The molecule has 0 amide bonds. The topological polar surface area (TPSA) is 276 Å². The lowest BCUT2D eigenvalue weighted by atomic mass is 9.82. The van der Waals surface area contributed by atoms with Gasteiger partial charge in [0, 0.05) is 58.1 Å². The van der Waals surface area contributed by atoms with Gasteiger partial charge in [-0.05, 0) is 204 Å². The van der Waals surface area contributed by atoms with Crippen LogP contribution in [0.1, 0.15) is 120 Å². The number of fused-ring (bicyclic) bond motifs is 7. The van der Waals surface area contributed by atoms with Crippen LogP contribution in [0.3, 0.4) is 0 Å². The lowest BCUT2D eigenvalue weighted by Crippen LogP contribution is -2.30. The highest BCUT2D eigenvalue weighted by atomic mass is 35.5. The van der Waals surface area contributed by atoms with E-state index in [0.29, 0.717) is 29.3 Å². The molecule has 0 spiro atoms. The van der Waals surface area contributed by atoms with E-state index < -0.39 is 18.8 Å². The van der Waals surface area contributed by atoms with E-state index in [1.807, 2.05) is 41.5 Å². The van der Waals surface area contributed by atoms with Crippen LogP contribution in [0.5, 0.6) is 18.0 Å².